The Morgan fingerprint density at radius 2 is 2.04 bits per heavy atom. The van der Waals surface area contributed by atoms with Gasteiger partial charge in [-0.05, 0) is 39.8 Å². The summed E-state index contributed by atoms with van der Waals surface area (Å²) in [6, 6.07) is 4.60. The van der Waals surface area contributed by atoms with Gasteiger partial charge in [0.05, 0.1) is 36.4 Å². The quantitative estimate of drug-likeness (QED) is 0.868. The van der Waals surface area contributed by atoms with E-state index >= 15 is 0 Å². The SMILES string of the molecule is Cc1n[nH]c(C)c1NC(=O)CN1C[C@@H](C)N(Cc2ccco2)C[C@H]1C. The summed E-state index contributed by atoms with van der Waals surface area (Å²) < 4.78 is 5.46. The number of H-pyrrole nitrogens is 1. The Hall–Kier alpha value is -2.12. The second-order valence-electron chi connectivity index (χ2n) is 6.99. The lowest BCUT2D eigenvalue weighted by atomic mass is 10.1. The number of amides is 1. The van der Waals surface area contributed by atoms with E-state index in [1.54, 1.807) is 6.26 Å². The van der Waals surface area contributed by atoms with Gasteiger partial charge in [-0.15, -0.1) is 0 Å². The van der Waals surface area contributed by atoms with Crippen LogP contribution >= 0.6 is 0 Å². The van der Waals surface area contributed by atoms with Crippen LogP contribution in [0.4, 0.5) is 5.69 Å². The Kier molecular flexibility index (Phi) is 5.24. The Morgan fingerprint density at radius 1 is 1.32 bits per heavy atom. The zero-order chi connectivity index (χ0) is 18.0. The van der Waals surface area contributed by atoms with Crippen LogP contribution in [-0.2, 0) is 11.3 Å². The highest BCUT2D eigenvalue weighted by molar-refractivity contribution is 5.93. The minimum Gasteiger partial charge on any atom is -0.468 e. The molecule has 136 valence electrons. The number of furan rings is 1. The number of carbonyl (C=O) groups excluding carboxylic acids is 1. The van der Waals surface area contributed by atoms with Gasteiger partial charge in [0, 0.05) is 25.2 Å². The van der Waals surface area contributed by atoms with Gasteiger partial charge >= 0.3 is 0 Å². The molecule has 2 aromatic rings. The fourth-order valence-corrected chi connectivity index (χ4v) is 3.41. The molecule has 7 heteroatoms. The Morgan fingerprint density at radius 3 is 2.68 bits per heavy atom. The predicted octanol–water partition coefficient (Wildman–Crippen LogP) is 2.15. The van der Waals surface area contributed by atoms with Crippen LogP contribution in [0.1, 0.15) is 31.0 Å². The van der Waals surface area contributed by atoms with E-state index in [0.717, 1.165) is 42.5 Å². The molecule has 0 aliphatic carbocycles. The van der Waals surface area contributed by atoms with Crippen molar-refractivity contribution in [3.63, 3.8) is 0 Å². The molecule has 7 nitrogen and oxygen atoms in total. The molecule has 1 saturated heterocycles. The number of aromatic nitrogens is 2. The molecule has 0 bridgehead atoms. The van der Waals surface area contributed by atoms with Crippen molar-refractivity contribution in [2.75, 3.05) is 25.0 Å². The predicted molar refractivity (Wildman–Crippen MR) is 96.3 cm³/mol. The van der Waals surface area contributed by atoms with Crippen molar-refractivity contribution in [1.29, 1.82) is 0 Å². The third kappa shape index (κ3) is 4.11. The molecule has 0 saturated carbocycles. The molecule has 0 radical (unpaired) electrons. The summed E-state index contributed by atoms with van der Waals surface area (Å²) >= 11 is 0. The molecule has 1 fully saturated rings. The van der Waals surface area contributed by atoms with Crippen molar-refractivity contribution >= 4 is 11.6 Å². The minimum atomic E-state index is 0.00568. The summed E-state index contributed by atoms with van der Waals surface area (Å²) in [5.41, 5.74) is 2.49. The molecular weight excluding hydrogens is 318 g/mol. The number of carbonyl (C=O) groups is 1. The largest absolute Gasteiger partial charge is 0.468 e. The maximum Gasteiger partial charge on any atom is 0.238 e. The second kappa shape index (κ2) is 7.41. The topological polar surface area (TPSA) is 77.4 Å². The van der Waals surface area contributed by atoms with E-state index in [2.05, 4.69) is 39.2 Å². The number of rotatable bonds is 5. The Balaban J connectivity index is 1.56. The number of hydrogen-bond donors (Lipinski definition) is 2. The van der Waals surface area contributed by atoms with Crippen molar-refractivity contribution in [2.24, 2.45) is 0 Å². The fourth-order valence-electron chi connectivity index (χ4n) is 3.41. The van der Waals surface area contributed by atoms with Crippen LogP contribution in [0.2, 0.25) is 0 Å². The third-order valence-corrected chi connectivity index (χ3v) is 4.92. The van der Waals surface area contributed by atoms with Gasteiger partial charge in [-0.3, -0.25) is 19.7 Å². The Labute approximate surface area is 148 Å². The number of piperazine rings is 1. The van der Waals surface area contributed by atoms with Gasteiger partial charge in [-0.2, -0.15) is 5.10 Å². The van der Waals surface area contributed by atoms with E-state index in [9.17, 15) is 4.79 Å². The minimum absolute atomic E-state index is 0.00568. The standard InChI is InChI=1S/C18H27N5O2/c1-12-9-23(11-17(24)19-18-14(3)20-21-15(18)4)13(2)8-22(12)10-16-6-5-7-25-16/h5-7,12-13H,8-11H2,1-4H3,(H,19,24)(H,20,21)/t12-,13-/m1/s1. The van der Waals surface area contributed by atoms with Crippen LogP contribution < -0.4 is 5.32 Å². The third-order valence-electron chi connectivity index (χ3n) is 4.92. The first-order chi connectivity index (χ1) is 11.9. The summed E-state index contributed by atoms with van der Waals surface area (Å²) in [4.78, 5) is 17.1. The first kappa shape index (κ1) is 17.7. The van der Waals surface area contributed by atoms with Gasteiger partial charge in [0.1, 0.15) is 5.76 Å². The maximum absolute atomic E-state index is 12.5. The molecule has 3 heterocycles. The summed E-state index contributed by atoms with van der Waals surface area (Å²) in [7, 11) is 0. The van der Waals surface area contributed by atoms with E-state index in [4.69, 9.17) is 4.42 Å². The Bertz CT molecular complexity index is 690. The molecule has 0 aromatic carbocycles. The molecule has 0 unspecified atom stereocenters. The van der Waals surface area contributed by atoms with Crippen LogP contribution in [0.25, 0.3) is 0 Å². The van der Waals surface area contributed by atoms with E-state index in [0.29, 0.717) is 18.6 Å². The van der Waals surface area contributed by atoms with Gasteiger partial charge in [-0.25, -0.2) is 0 Å². The van der Waals surface area contributed by atoms with Crippen LogP contribution in [-0.4, -0.2) is 57.6 Å². The van der Waals surface area contributed by atoms with Crippen LogP contribution in [0.5, 0.6) is 0 Å². The number of nitrogens with one attached hydrogen (secondary N) is 2. The van der Waals surface area contributed by atoms with Crippen molar-refractivity contribution in [2.45, 2.75) is 46.3 Å². The molecule has 2 atom stereocenters. The molecule has 2 aromatic heterocycles. The first-order valence-corrected chi connectivity index (χ1v) is 8.76. The molecular formula is C18H27N5O2. The number of hydrogen-bond acceptors (Lipinski definition) is 5. The van der Waals surface area contributed by atoms with Crippen molar-refractivity contribution < 1.29 is 9.21 Å². The van der Waals surface area contributed by atoms with Gasteiger partial charge < -0.3 is 9.73 Å². The summed E-state index contributed by atoms with van der Waals surface area (Å²) in [6.45, 7) is 11.1. The number of nitrogens with zero attached hydrogens (tertiary/aromatic N) is 3. The molecule has 25 heavy (non-hydrogen) atoms. The first-order valence-electron chi connectivity index (χ1n) is 8.76. The molecule has 1 aliphatic heterocycles. The molecule has 0 spiro atoms. The smallest absolute Gasteiger partial charge is 0.238 e. The molecule has 2 N–H and O–H groups in total. The fraction of sp³-hybridized carbons (Fsp3) is 0.556. The highest BCUT2D eigenvalue weighted by atomic mass is 16.3. The monoisotopic (exact) mass is 345 g/mol. The average molecular weight is 345 g/mol. The second-order valence-corrected chi connectivity index (χ2v) is 6.99. The lowest BCUT2D eigenvalue weighted by molar-refractivity contribution is -0.119. The van der Waals surface area contributed by atoms with E-state index < -0.39 is 0 Å². The van der Waals surface area contributed by atoms with Gasteiger partial charge in [0.25, 0.3) is 0 Å². The zero-order valence-corrected chi connectivity index (χ0v) is 15.4. The average Bonchev–Trinajstić information content (AvgIpc) is 3.17. The summed E-state index contributed by atoms with van der Waals surface area (Å²) in [5.74, 6) is 0.988. The highest BCUT2D eigenvalue weighted by Gasteiger charge is 2.30. The number of aryl methyl sites for hydroxylation is 2. The molecule has 1 aliphatic rings. The van der Waals surface area contributed by atoms with E-state index in [1.165, 1.54) is 0 Å². The van der Waals surface area contributed by atoms with Crippen molar-refractivity contribution in [3.8, 4) is 0 Å². The highest BCUT2D eigenvalue weighted by Crippen LogP contribution is 2.19. The zero-order valence-electron chi connectivity index (χ0n) is 15.4. The maximum atomic E-state index is 12.5. The summed E-state index contributed by atoms with van der Waals surface area (Å²) in [6.07, 6.45) is 1.71. The van der Waals surface area contributed by atoms with E-state index in [-0.39, 0.29) is 5.91 Å². The van der Waals surface area contributed by atoms with Gasteiger partial charge in [0.2, 0.25) is 5.91 Å². The van der Waals surface area contributed by atoms with Crippen molar-refractivity contribution in [1.82, 2.24) is 20.0 Å². The number of aromatic amines is 1. The van der Waals surface area contributed by atoms with Crippen LogP contribution in [0.3, 0.4) is 0 Å². The normalized spacial score (nSPS) is 22.2. The molecule has 1 amide bonds. The van der Waals surface area contributed by atoms with Gasteiger partial charge in [-0.1, -0.05) is 0 Å². The lowest BCUT2D eigenvalue weighted by Crippen LogP contribution is -2.57. The van der Waals surface area contributed by atoms with Crippen LogP contribution in [0, 0.1) is 13.8 Å². The van der Waals surface area contributed by atoms with E-state index in [1.807, 2.05) is 26.0 Å². The lowest BCUT2D eigenvalue weighted by Gasteiger charge is -2.43. The number of anilines is 1. The molecule has 3 rings (SSSR count). The van der Waals surface area contributed by atoms with Crippen molar-refractivity contribution in [3.05, 3.63) is 35.5 Å². The summed E-state index contributed by atoms with van der Waals surface area (Å²) in [5, 5.41) is 10.00. The van der Waals surface area contributed by atoms with Crippen LogP contribution in [0.15, 0.2) is 22.8 Å². The van der Waals surface area contributed by atoms with Gasteiger partial charge in [0.15, 0.2) is 0 Å².